The lowest BCUT2D eigenvalue weighted by molar-refractivity contribution is -0.122. The van der Waals surface area contributed by atoms with E-state index in [1.807, 2.05) is 30.3 Å². The van der Waals surface area contributed by atoms with Crippen molar-refractivity contribution < 1.29 is 13.6 Å². The van der Waals surface area contributed by atoms with E-state index in [-0.39, 0.29) is 11.4 Å². The molecule has 0 saturated heterocycles. The van der Waals surface area contributed by atoms with E-state index in [4.69, 9.17) is 5.73 Å². The van der Waals surface area contributed by atoms with Gasteiger partial charge in [0.05, 0.1) is 0 Å². The minimum absolute atomic E-state index is 0.133. The summed E-state index contributed by atoms with van der Waals surface area (Å²) < 4.78 is 27.9. The number of hydrogen-bond donors (Lipinski definition) is 2. The topological polar surface area (TPSA) is 67.5 Å². The standard InChI is InChI=1S/C19H17F2N3O/c20-19(21)13-18(19,14-7-3-1-4-8-14)17(25)24-16(22)11-12-23-15-9-5-2-6-10-15/h1-12,23H,13H2,(H2,22,24,25)/b12-11-. The molecule has 3 rings (SSSR count). The molecule has 0 spiro atoms. The number of nitrogens with one attached hydrogen (secondary N) is 1. The number of amides is 1. The summed E-state index contributed by atoms with van der Waals surface area (Å²) in [6, 6.07) is 17.3. The number of alkyl halides is 2. The number of hydrogen-bond acceptors (Lipinski definition) is 2. The molecule has 0 bridgehead atoms. The van der Waals surface area contributed by atoms with Crippen LogP contribution in [0.1, 0.15) is 12.0 Å². The molecular weight excluding hydrogens is 324 g/mol. The Labute approximate surface area is 144 Å². The fourth-order valence-corrected chi connectivity index (χ4v) is 2.69. The van der Waals surface area contributed by atoms with Crippen LogP contribution >= 0.6 is 0 Å². The highest BCUT2D eigenvalue weighted by Gasteiger charge is 2.76. The summed E-state index contributed by atoms with van der Waals surface area (Å²) in [4.78, 5) is 16.0. The number of para-hydroxylation sites is 1. The maximum Gasteiger partial charge on any atom is 0.268 e. The Hall–Kier alpha value is -3.02. The van der Waals surface area contributed by atoms with E-state index in [2.05, 4.69) is 10.3 Å². The zero-order valence-electron chi connectivity index (χ0n) is 13.3. The van der Waals surface area contributed by atoms with Gasteiger partial charge in [-0.3, -0.25) is 4.79 Å². The van der Waals surface area contributed by atoms with Crippen molar-refractivity contribution in [3.63, 3.8) is 0 Å². The third-order valence-corrected chi connectivity index (χ3v) is 4.13. The molecule has 1 atom stereocenters. The summed E-state index contributed by atoms with van der Waals surface area (Å²) >= 11 is 0. The molecule has 3 N–H and O–H groups in total. The molecule has 6 heteroatoms. The van der Waals surface area contributed by atoms with Gasteiger partial charge in [-0.25, -0.2) is 8.78 Å². The molecule has 1 amide bonds. The summed E-state index contributed by atoms with van der Waals surface area (Å²) in [6.45, 7) is 0. The largest absolute Gasteiger partial charge is 0.384 e. The lowest BCUT2D eigenvalue weighted by atomic mass is 9.94. The van der Waals surface area contributed by atoms with Crippen LogP contribution in [0.4, 0.5) is 14.5 Å². The van der Waals surface area contributed by atoms with Gasteiger partial charge in [-0.05, 0) is 23.8 Å². The minimum Gasteiger partial charge on any atom is -0.384 e. The maximum atomic E-state index is 14.0. The molecule has 1 unspecified atom stereocenters. The van der Waals surface area contributed by atoms with E-state index >= 15 is 0 Å². The summed E-state index contributed by atoms with van der Waals surface area (Å²) in [5, 5.41) is 2.95. The van der Waals surface area contributed by atoms with Crippen LogP contribution in [0, 0.1) is 0 Å². The van der Waals surface area contributed by atoms with Gasteiger partial charge in [0.1, 0.15) is 11.3 Å². The average Bonchev–Trinajstić information content (AvgIpc) is 3.20. The number of rotatable bonds is 5. The van der Waals surface area contributed by atoms with Gasteiger partial charge in [0.25, 0.3) is 11.8 Å². The number of benzene rings is 2. The van der Waals surface area contributed by atoms with Crippen LogP contribution in [0.5, 0.6) is 0 Å². The molecule has 1 fully saturated rings. The highest BCUT2D eigenvalue weighted by atomic mass is 19.3. The first-order chi connectivity index (χ1) is 12.0. The van der Waals surface area contributed by atoms with Gasteiger partial charge in [-0.15, -0.1) is 0 Å². The van der Waals surface area contributed by atoms with Crippen molar-refractivity contribution in [2.45, 2.75) is 17.8 Å². The molecule has 0 heterocycles. The first-order valence-electron chi connectivity index (χ1n) is 7.76. The number of carbonyl (C=O) groups is 1. The lowest BCUT2D eigenvalue weighted by Crippen LogP contribution is -2.28. The highest BCUT2D eigenvalue weighted by Crippen LogP contribution is 2.62. The quantitative estimate of drug-likeness (QED) is 0.646. The van der Waals surface area contributed by atoms with Crippen LogP contribution < -0.4 is 11.1 Å². The van der Waals surface area contributed by atoms with E-state index in [9.17, 15) is 13.6 Å². The number of halogens is 2. The van der Waals surface area contributed by atoms with Crippen LogP contribution in [0.15, 0.2) is 77.9 Å². The van der Waals surface area contributed by atoms with Gasteiger partial charge in [-0.1, -0.05) is 48.5 Å². The lowest BCUT2D eigenvalue weighted by Gasteiger charge is -2.12. The van der Waals surface area contributed by atoms with Gasteiger partial charge in [0.2, 0.25) is 0 Å². The van der Waals surface area contributed by atoms with E-state index in [1.165, 1.54) is 24.4 Å². The van der Waals surface area contributed by atoms with Crippen LogP contribution in [-0.2, 0) is 10.2 Å². The van der Waals surface area contributed by atoms with Gasteiger partial charge in [0, 0.05) is 18.3 Å². The zero-order chi connectivity index (χ0) is 17.9. The van der Waals surface area contributed by atoms with Gasteiger partial charge in [0.15, 0.2) is 0 Å². The van der Waals surface area contributed by atoms with Crippen LogP contribution in [-0.4, -0.2) is 17.7 Å². The second-order valence-corrected chi connectivity index (χ2v) is 5.84. The Morgan fingerprint density at radius 1 is 1.08 bits per heavy atom. The van der Waals surface area contributed by atoms with Crippen molar-refractivity contribution in [3.05, 3.63) is 78.5 Å². The second-order valence-electron chi connectivity index (χ2n) is 5.84. The highest BCUT2D eigenvalue weighted by molar-refractivity contribution is 6.05. The molecular formula is C19H17F2N3O. The molecule has 2 aromatic carbocycles. The molecule has 4 nitrogen and oxygen atoms in total. The monoisotopic (exact) mass is 341 g/mol. The maximum absolute atomic E-state index is 14.0. The Kier molecular flexibility index (Phi) is 4.35. The Morgan fingerprint density at radius 2 is 1.64 bits per heavy atom. The van der Waals surface area contributed by atoms with Gasteiger partial charge in [-0.2, -0.15) is 4.99 Å². The number of carbonyl (C=O) groups excluding carboxylic acids is 1. The number of nitrogens with two attached hydrogens (primary N) is 1. The van der Waals surface area contributed by atoms with Crippen molar-refractivity contribution >= 4 is 17.4 Å². The molecule has 0 aromatic heterocycles. The SMILES string of the molecule is NC(/C=C\Nc1ccccc1)=NC(=O)C1(c2ccccc2)CC1(F)F. The fraction of sp³-hybridized carbons (Fsp3) is 0.158. The summed E-state index contributed by atoms with van der Waals surface area (Å²) in [5.41, 5.74) is 4.87. The minimum atomic E-state index is -3.11. The van der Waals surface area contributed by atoms with Crippen molar-refractivity contribution in [3.8, 4) is 0 Å². The predicted molar refractivity (Wildman–Crippen MR) is 93.5 cm³/mol. The van der Waals surface area contributed by atoms with Crippen molar-refractivity contribution in [1.29, 1.82) is 0 Å². The van der Waals surface area contributed by atoms with E-state index < -0.39 is 23.7 Å². The molecule has 1 aliphatic carbocycles. The van der Waals surface area contributed by atoms with Gasteiger partial charge < -0.3 is 11.1 Å². The molecule has 2 aromatic rings. The Morgan fingerprint density at radius 3 is 2.20 bits per heavy atom. The van der Waals surface area contributed by atoms with E-state index in [1.54, 1.807) is 18.2 Å². The smallest absolute Gasteiger partial charge is 0.268 e. The summed E-state index contributed by atoms with van der Waals surface area (Å²) in [7, 11) is 0. The molecule has 0 radical (unpaired) electrons. The number of amidine groups is 1. The number of aliphatic imine (C=N–C) groups is 1. The van der Waals surface area contributed by atoms with E-state index in [0.29, 0.717) is 0 Å². The average molecular weight is 341 g/mol. The van der Waals surface area contributed by atoms with Gasteiger partial charge >= 0.3 is 0 Å². The number of anilines is 1. The molecule has 0 aliphatic heterocycles. The summed E-state index contributed by atoms with van der Waals surface area (Å²) in [5.74, 6) is -4.17. The molecule has 1 saturated carbocycles. The fourth-order valence-electron chi connectivity index (χ4n) is 2.69. The number of nitrogens with zero attached hydrogens (tertiary/aromatic N) is 1. The normalized spacial score (nSPS) is 21.9. The zero-order valence-corrected chi connectivity index (χ0v) is 13.3. The molecule has 25 heavy (non-hydrogen) atoms. The van der Waals surface area contributed by atoms with E-state index in [0.717, 1.165) is 5.69 Å². The first kappa shape index (κ1) is 16.8. The third-order valence-electron chi connectivity index (χ3n) is 4.13. The van der Waals surface area contributed by atoms with Crippen molar-refractivity contribution in [2.75, 3.05) is 5.32 Å². The van der Waals surface area contributed by atoms with Crippen LogP contribution in [0.2, 0.25) is 0 Å². The van der Waals surface area contributed by atoms with Crippen molar-refractivity contribution in [1.82, 2.24) is 0 Å². The predicted octanol–water partition coefficient (Wildman–Crippen LogP) is 3.47. The second kappa shape index (κ2) is 6.47. The van der Waals surface area contributed by atoms with Crippen LogP contribution in [0.25, 0.3) is 0 Å². The van der Waals surface area contributed by atoms with Crippen molar-refractivity contribution in [2.24, 2.45) is 10.7 Å². The molecule has 128 valence electrons. The Balaban J connectivity index is 1.74. The Bertz CT molecular complexity index is 819. The molecule has 1 aliphatic rings. The first-order valence-corrected chi connectivity index (χ1v) is 7.76. The summed E-state index contributed by atoms with van der Waals surface area (Å²) in [6.07, 6.45) is 2.32. The third kappa shape index (κ3) is 3.28. The van der Waals surface area contributed by atoms with Crippen LogP contribution in [0.3, 0.4) is 0 Å².